The van der Waals surface area contributed by atoms with Crippen molar-refractivity contribution in [2.45, 2.75) is 12.5 Å². The van der Waals surface area contributed by atoms with Crippen molar-refractivity contribution in [2.75, 3.05) is 17.2 Å². The van der Waals surface area contributed by atoms with Gasteiger partial charge in [-0.05, 0) is 52.2 Å². The van der Waals surface area contributed by atoms with Gasteiger partial charge in [-0.1, -0.05) is 6.07 Å². The Balaban J connectivity index is 1.67. The predicted octanol–water partition coefficient (Wildman–Crippen LogP) is 5.00. The number of fused-ring (bicyclic) bond motifs is 1. The van der Waals surface area contributed by atoms with Crippen LogP contribution in [-0.2, 0) is 6.42 Å². The van der Waals surface area contributed by atoms with Crippen molar-refractivity contribution in [3.05, 3.63) is 81.2 Å². The highest BCUT2D eigenvalue weighted by Gasteiger charge is 2.32. The van der Waals surface area contributed by atoms with Gasteiger partial charge < -0.3 is 10.6 Å². The van der Waals surface area contributed by atoms with Crippen LogP contribution in [0.25, 0.3) is 11.1 Å². The summed E-state index contributed by atoms with van der Waals surface area (Å²) < 4.78 is 0. The molecule has 1 aliphatic rings. The van der Waals surface area contributed by atoms with E-state index in [1.54, 1.807) is 22.7 Å². The first-order chi connectivity index (χ1) is 13.3. The van der Waals surface area contributed by atoms with Crippen LogP contribution in [0.15, 0.2) is 65.1 Å². The fraction of sp³-hybridized carbons (Fsp3) is 0.143. The first-order valence-corrected chi connectivity index (χ1v) is 10.6. The van der Waals surface area contributed by atoms with E-state index in [1.807, 2.05) is 30.0 Å². The van der Waals surface area contributed by atoms with E-state index in [1.165, 1.54) is 21.7 Å². The number of pyridine rings is 1. The number of thiazole rings is 1. The molecule has 27 heavy (non-hydrogen) atoms. The van der Waals surface area contributed by atoms with Gasteiger partial charge in [-0.2, -0.15) is 11.3 Å². The molecule has 4 nitrogen and oxygen atoms in total. The van der Waals surface area contributed by atoms with Crippen molar-refractivity contribution in [2.24, 2.45) is 0 Å². The molecule has 5 rings (SSSR count). The third-order valence-corrected chi connectivity index (χ3v) is 6.64. The average Bonchev–Trinajstić information content (AvgIpc) is 3.40. The third kappa shape index (κ3) is 2.91. The lowest BCUT2D eigenvalue weighted by Gasteiger charge is -2.37. The summed E-state index contributed by atoms with van der Waals surface area (Å²) >= 11 is 3.42. The van der Waals surface area contributed by atoms with Gasteiger partial charge in [0.05, 0.1) is 34.0 Å². The summed E-state index contributed by atoms with van der Waals surface area (Å²) in [6.45, 7) is 0.898. The van der Waals surface area contributed by atoms with Gasteiger partial charge in [0, 0.05) is 30.4 Å². The van der Waals surface area contributed by atoms with E-state index in [2.05, 4.69) is 49.9 Å². The van der Waals surface area contributed by atoms with E-state index < -0.39 is 0 Å². The molecule has 2 N–H and O–H groups in total. The number of hydrogen-bond donors (Lipinski definition) is 1. The molecule has 3 aromatic heterocycles. The van der Waals surface area contributed by atoms with Crippen LogP contribution in [0.1, 0.15) is 22.2 Å². The summed E-state index contributed by atoms with van der Waals surface area (Å²) in [6.07, 6.45) is 4.68. The topological polar surface area (TPSA) is 55.0 Å². The first-order valence-electron chi connectivity index (χ1n) is 8.82. The zero-order chi connectivity index (χ0) is 18.2. The SMILES string of the molecule is Nc1ccc(-c2ccsc2)cc1C1c2scnc2CCN1c1cccnc1. The Morgan fingerprint density at radius 3 is 2.93 bits per heavy atom. The number of nitrogens with zero attached hydrogens (tertiary/aromatic N) is 3. The molecule has 1 atom stereocenters. The molecule has 0 amide bonds. The normalized spacial score (nSPS) is 16.3. The molecule has 1 aliphatic heterocycles. The van der Waals surface area contributed by atoms with Crippen molar-refractivity contribution < 1.29 is 0 Å². The van der Waals surface area contributed by atoms with Gasteiger partial charge in [-0.25, -0.2) is 4.98 Å². The van der Waals surface area contributed by atoms with Crippen LogP contribution in [0.2, 0.25) is 0 Å². The highest BCUT2D eigenvalue weighted by Crippen LogP contribution is 2.42. The number of anilines is 2. The first kappa shape index (κ1) is 16.5. The van der Waals surface area contributed by atoms with Gasteiger partial charge >= 0.3 is 0 Å². The van der Waals surface area contributed by atoms with Crippen LogP contribution in [0.3, 0.4) is 0 Å². The van der Waals surface area contributed by atoms with E-state index in [0.29, 0.717) is 0 Å². The monoisotopic (exact) mass is 390 g/mol. The molecule has 0 fully saturated rings. The van der Waals surface area contributed by atoms with Crippen molar-refractivity contribution in [3.8, 4) is 11.1 Å². The molecule has 4 heterocycles. The fourth-order valence-electron chi connectivity index (χ4n) is 3.72. The number of nitrogens with two attached hydrogens (primary N) is 1. The Bertz CT molecular complexity index is 1060. The molecule has 0 saturated carbocycles. The van der Waals surface area contributed by atoms with Crippen LogP contribution in [0.5, 0.6) is 0 Å². The second kappa shape index (κ2) is 6.79. The van der Waals surface area contributed by atoms with Crippen LogP contribution in [-0.4, -0.2) is 16.5 Å². The van der Waals surface area contributed by atoms with Gasteiger partial charge in [0.1, 0.15) is 0 Å². The molecule has 134 valence electrons. The Hall–Kier alpha value is -2.70. The Morgan fingerprint density at radius 1 is 1.15 bits per heavy atom. The lowest BCUT2D eigenvalue weighted by atomic mass is 9.93. The van der Waals surface area contributed by atoms with Crippen LogP contribution < -0.4 is 10.6 Å². The molecule has 1 aromatic carbocycles. The maximum absolute atomic E-state index is 6.48. The zero-order valence-corrected chi connectivity index (χ0v) is 16.2. The lowest BCUT2D eigenvalue weighted by Crippen LogP contribution is -2.36. The average molecular weight is 391 g/mol. The fourth-order valence-corrected chi connectivity index (χ4v) is 5.35. The van der Waals surface area contributed by atoms with E-state index >= 15 is 0 Å². The van der Waals surface area contributed by atoms with E-state index in [0.717, 1.165) is 29.9 Å². The maximum Gasteiger partial charge on any atom is 0.0927 e. The van der Waals surface area contributed by atoms with Gasteiger partial charge in [0.25, 0.3) is 0 Å². The number of nitrogen functional groups attached to an aromatic ring is 1. The molecule has 4 aromatic rings. The van der Waals surface area contributed by atoms with Crippen LogP contribution in [0.4, 0.5) is 11.4 Å². The summed E-state index contributed by atoms with van der Waals surface area (Å²) in [5.74, 6) is 0. The molecule has 0 bridgehead atoms. The van der Waals surface area contributed by atoms with Gasteiger partial charge in [0.2, 0.25) is 0 Å². The summed E-state index contributed by atoms with van der Waals surface area (Å²) in [5.41, 5.74) is 15.1. The van der Waals surface area contributed by atoms with E-state index in [-0.39, 0.29) is 6.04 Å². The Kier molecular flexibility index (Phi) is 4.14. The predicted molar refractivity (Wildman–Crippen MR) is 113 cm³/mol. The number of thiophene rings is 1. The van der Waals surface area contributed by atoms with E-state index in [4.69, 9.17) is 5.73 Å². The summed E-state index contributed by atoms with van der Waals surface area (Å²) in [5, 5.41) is 4.28. The van der Waals surface area contributed by atoms with Crippen LogP contribution in [0, 0.1) is 0 Å². The Labute approximate surface area is 166 Å². The molecule has 0 spiro atoms. The molecule has 0 saturated heterocycles. The standard InChI is InChI=1S/C21H18N4S2/c22-18-4-3-14(15-6-9-26-12-15)10-17(18)20-21-19(24-13-27-21)5-8-25(20)16-2-1-7-23-11-16/h1-4,6-7,9-13,20H,5,8,22H2. The van der Waals surface area contributed by atoms with Crippen LogP contribution >= 0.6 is 22.7 Å². The molecular formula is C21H18N4S2. The maximum atomic E-state index is 6.48. The van der Waals surface area contributed by atoms with Crippen molar-refractivity contribution in [1.29, 1.82) is 0 Å². The van der Waals surface area contributed by atoms with Gasteiger partial charge in [-0.3, -0.25) is 4.98 Å². The number of hydrogen-bond acceptors (Lipinski definition) is 6. The number of aromatic nitrogens is 2. The third-order valence-electron chi connectivity index (χ3n) is 5.04. The highest BCUT2D eigenvalue weighted by atomic mass is 32.1. The molecule has 0 aliphatic carbocycles. The number of benzene rings is 1. The lowest BCUT2D eigenvalue weighted by molar-refractivity contribution is 0.655. The summed E-state index contributed by atoms with van der Waals surface area (Å²) in [4.78, 5) is 12.6. The smallest absolute Gasteiger partial charge is 0.0927 e. The minimum atomic E-state index is 0.0593. The van der Waals surface area contributed by atoms with Crippen molar-refractivity contribution in [1.82, 2.24) is 9.97 Å². The van der Waals surface area contributed by atoms with Crippen molar-refractivity contribution >= 4 is 34.0 Å². The highest BCUT2D eigenvalue weighted by molar-refractivity contribution is 7.10. The summed E-state index contributed by atoms with van der Waals surface area (Å²) in [6, 6.07) is 12.7. The number of rotatable bonds is 3. The largest absolute Gasteiger partial charge is 0.398 e. The molecule has 0 radical (unpaired) electrons. The van der Waals surface area contributed by atoms with Gasteiger partial charge in [-0.15, -0.1) is 11.3 Å². The minimum absolute atomic E-state index is 0.0593. The van der Waals surface area contributed by atoms with Crippen molar-refractivity contribution in [3.63, 3.8) is 0 Å². The van der Waals surface area contributed by atoms with Gasteiger partial charge in [0.15, 0.2) is 0 Å². The second-order valence-corrected chi connectivity index (χ2v) is 8.24. The zero-order valence-electron chi connectivity index (χ0n) is 14.6. The second-order valence-electron chi connectivity index (χ2n) is 6.58. The minimum Gasteiger partial charge on any atom is -0.398 e. The molecule has 1 unspecified atom stereocenters. The molecule has 6 heteroatoms. The Morgan fingerprint density at radius 2 is 2.11 bits per heavy atom. The quantitative estimate of drug-likeness (QED) is 0.500. The summed E-state index contributed by atoms with van der Waals surface area (Å²) in [7, 11) is 0. The molecular weight excluding hydrogens is 372 g/mol. The van der Waals surface area contributed by atoms with E-state index in [9.17, 15) is 0 Å².